The van der Waals surface area contributed by atoms with E-state index in [-0.39, 0.29) is 12.6 Å². The van der Waals surface area contributed by atoms with E-state index in [9.17, 15) is 4.79 Å². The molecule has 4 nitrogen and oxygen atoms in total. The monoisotopic (exact) mass is 330 g/mol. The second kappa shape index (κ2) is 4.92. The highest BCUT2D eigenvalue weighted by atomic mass is 127. The van der Waals surface area contributed by atoms with Crippen LogP contribution >= 0.6 is 22.6 Å². The number of hydrogen-bond acceptors (Lipinski definition) is 4. The minimum atomic E-state index is -0.339. The topological polar surface area (TPSA) is 53.4 Å². The van der Waals surface area contributed by atoms with Crippen LogP contribution in [0, 0.1) is 0 Å². The zero-order valence-corrected chi connectivity index (χ0v) is 10.7. The number of fused-ring (bicyclic) bond motifs is 1. The van der Waals surface area contributed by atoms with Crippen LogP contribution in [0.3, 0.4) is 0 Å². The van der Waals surface area contributed by atoms with Crippen molar-refractivity contribution in [2.75, 3.05) is 13.2 Å². The molecule has 1 unspecified atom stereocenters. The van der Waals surface area contributed by atoms with Crippen molar-refractivity contribution < 1.29 is 9.90 Å². The normalized spacial score (nSPS) is 19.0. The van der Waals surface area contributed by atoms with E-state index in [2.05, 4.69) is 27.6 Å². The summed E-state index contributed by atoms with van der Waals surface area (Å²) in [5.74, 6) is 0. The highest BCUT2D eigenvalue weighted by molar-refractivity contribution is 14.1. The first-order valence-corrected chi connectivity index (χ1v) is 5.99. The first-order chi connectivity index (χ1) is 7.77. The third kappa shape index (κ3) is 1.97. The summed E-state index contributed by atoms with van der Waals surface area (Å²) in [4.78, 5) is 17.0. The maximum atomic E-state index is 11.1. The van der Waals surface area contributed by atoms with Gasteiger partial charge in [0.2, 0.25) is 0 Å². The smallest absolute Gasteiger partial charge is 0.147 e. The number of hydrogen-bond donors (Lipinski definition) is 1. The summed E-state index contributed by atoms with van der Waals surface area (Å²) in [6.07, 6.45) is 6.22. The first kappa shape index (κ1) is 11.5. The third-order valence-electron chi connectivity index (χ3n) is 2.55. The molecule has 0 amide bonds. The summed E-state index contributed by atoms with van der Waals surface area (Å²) < 4.78 is 1.06. The predicted molar refractivity (Wildman–Crippen MR) is 68.8 cm³/mol. The summed E-state index contributed by atoms with van der Waals surface area (Å²) >= 11 is 2.22. The quantitative estimate of drug-likeness (QED) is 0.672. The average Bonchev–Trinajstić information content (AvgIpc) is 2.30. The van der Waals surface area contributed by atoms with Gasteiger partial charge in [0.25, 0.3) is 0 Å². The fourth-order valence-corrected chi connectivity index (χ4v) is 2.65. The molecule has 1 aliphatic rings. The van der Waals surface area contributed by atoms with E-state index in [1.807, 2.05) is 17.2 Å². The van der Waals surface area contributed by atoms with E-state index >= 15 is 0 Å². The van der Waals surface area contributed by atoms with E-state index in [0.29, 0.717) is 6.54 Å². The summed E-state index contributed by atoms with van der Waals surface area (Å²) in [5, 5.41) is 8.96. The van der Waals surface area contributed by atoms with Crippen molar-refractivity contribution in [2.45, 2.75) is 6.04 Å². The van der Waals surface area contributed by atoms with Crippen LogP contribution in [-0.4, -0.2) is 34.4 Å². The minimum absolute atomic E-state index is 0.0281. The Bertz CT molecular complexity index is 434. The largest absolute Gasteiger partial charge is 0.395 e. The Balaban J connectivity index is 2.46. The molecule has 84 valence electrons. The molecule has 0 radical (unpaired) electrons. The van der Waals surface area contributed by atoms with Crippen molar-refractivity contribution in [2.24, 2.45) is 0 Å². The van der Waals surface area contributed by atoms with Crippen molar-refractivity contribution in [3.63, 3.8) is 0 Å². The van der Waals surface area contributed by atoms with Gasteiger partial charge in [0.1, 0.15) is 12.3 Å². The molecule has 1 aliphatic heterocycles. The lowest BCUT2D eigenvalue weighted by molar-refractivity contribution is -0.112. The molecule has 0 aliphatic carbocycles. The number of aromatic nitrogens is 1. The van der Waals surface area contributed by atoms with Gasteiger partial charge in [-0.15, -0.1) is 0 Å². The lowest BCUT2D eigenvalue weighted by Gasteiger charge is -2.31. The van der Waals surface area contributed by atoms with Crippen molar-refractivity contribution >= 4 is 32.5 Å². The highest BCUT2D eigenvalue weighted by Crippen LogP contribution is 2.35. The zero-order valence-electron chi connectivity index (χ0n) is 8.51. The van der Waals surface area contributed by atoms with Gasteiger partial charge >= 0.3 is 0 Å². The standard InChI is InChI=1S/C11H11IN2O2/c12-10-6-14(3-4-15)11(7-16)9-5-13-2-1-8(9)10/h1-2,5-7,11,15H,3-4H2. The van der Waals surface area contributed by atoms with Crippen LogP contribution in [0.4, 0.5) is 0 Å². The summed E-state index contributed by atoms with van der Waals surface area (Å²) in [6.45, 7) is 0.477. The molecule has 2 heterocycles. The lowest BCUT2D eigenvalue weighted by atomic mass is 9.99. The molecule has 0 saturated heterocycles. The fraction of sp³-hybridized carbons (Fsp3) is 0.273. The van der Waals surface area contributed by atoms with Crippen LogP contribution in [0.1, 0.15) is 17.2 Å². The van der Waals surface area contributed by atoms with Crippen LogP contribution in [-0.2, 0) is 4.79 Å². The number of aliphatic hydroxyl groups excluding tert-OH is 1. The second-order valence-electron chi connectivity index (χ2n) is 3.48. The number of carbonyl (C=O) groups excluding carboxylic acids is 1. The number of halogens is 1. The molecule has 1 aromatic heterocycles. The van der Waals surface area contributed by atoms with Gasteiger partial charge in [-0.25, -0.2) is 0 Å². The Morgan fingerprint density at radius 3 is 3.12 bits per heavy atom. The Hall–Kier alpha value is -0.950. The molecule has 0 spiro atoms. The van der Waals surface area contributed by atoms with Gasteiger partial charge in [-0.05, 0) is 34.2 Å². The Morgan fingerprint density at radius 1 is 1.62 bits per heavy atom. The minimum Gasteiger partial charge on any atom is -0.395 e. The maximum absolute atomic E-state index is 11.1. The van der Waals surface area contributed by atoms with Gasteiger partial charge in [-0.3, -0.25) is 4.98 Å². The number of carbonyl (C=O) groups is 1. The van der Waals surface area contributed by atoms with Crippen molar-refractivity contribution in [3.05, 3.63) is 35.8 Å². The molecule has 0 aromatic carbocycles. The van der Waals surface area contributed by atoms with Crippen LogP contribution in [0.25, 0.3) is 3.58 Å². The molecular formula is C11H11IN2O2. The Morgan fingerprint density at radius 2 is 2.44 bits per heavy atom. The number of pyridine rings is 1. The van der Waals surface area contributed by atoms with Gasteiger partial charge in [0.05, 0.1) is 6.61 Å². The summed E-state index contributed by atoms with van der Waals surface area (Å²) in [7, 11) is 0. The van der Waals surface area contributed by atoms with Crippen molar-refractivity contribution in [1.29, 1.82) is 0 Å². The number of rotatable bonds is 3. The maximum Gasteiger partial charge on any atom is 0.147 e. The van der Waals surface area contributed by atoms with Crippen molar-refractivity contribution in [3.8, 4) is 0 Å². The highest BCUT2D eigenvalue weighted by Gasteiger charge is 2.25. The van der Waals surface area contributed by atoms with Crippen molar-refractivity contribution in [1.82, 2.24) is 9.88 Å². The molecular weight excluding hydrogens is 319 g/mol. The average molecular weight is 330 g/mol. The summed E-state index contributed by atoms with van der Waals surface area (Å²) in [6, 6.07) is 1.56. The van der Waals surface area contributed by atoms with E-state index in [1.165, 1.54) is 0 Å². The number of aldehydes is 1. The summed E-state index contributed by atoms with van der Waals surface area (Å²) in [5.41, 5.74) is 1.94. The second-order valence-corrected chi connectivity index (χ2v) is 4.64. The molecule has 0 bridgehead atoms. The molecule has 5 heteroatoms. The fourth-order valence-electron chi connectivity index (χ4n) is 1.80. The number of aliphatic hydroxyl groups is 1. The lowest BCUT2D eigenvalue weighted by Crippen LogP contribution is -2.30. The molecule has 1 atom stereocenters. The Kier molecular flexibility index (Phi) is 3.55. The molecule has 2 rings (SSSR count). The molecule has 1 aromatic rings. The molecule has 1 N–H and O–H groups in total. The van der Waals surface area contributed by atoms with E-state index in [0.717, 1.165) is 21.0 Å². The molecule has 16 heavy (non-hydrogen) atoms. The van der Waals surface area contributed by atoms with Crippen LogP contribution in [0.2, 0.25) is 0 Å². The number of nitrogens with zero attached hydrogens (tertiary/aromatic N) is 2. The number of β-amino-alcohol motifs (C(OH)–C–C–N with tert-alkyl or cyclic N) is 1. The van der Waals surface area contributed by atoms with E-state index in [1.54, 1.807) is 12.4 Å². The zero-order chi connectivity index (χ0) is 11.5. The predicted octanol–water partition coefficient (Wildman–Crippen LogP) is 1.36. The van der Waals surface area contributed by atoms with Gasteiger partial charge < -0.3 is 14.8 Å². The van der Waals surface area contributed by atoms with Crippen LogP contribution < -0.4 is 0 Å². The van der Waals surface area contributed by atoms with Crippen LogP contribution in [0.5, 0.6) is 0 Å². The van der Waals surface area contributed by atoms with Gasteiger partial charge in [0.15, 0.2) is 0 Å². The molecule has 0 fully saturated rings. The SMILES string of the molecule is O=CC1c2cnccc2C(I)=CN1CCO. The Labute approximate surface area is 107 Å². The first-order valence-electron chi connectivity index (χ1n) is 4.91. The molecule has 0 saturated carbocycles. The van der Waals surface area contributed by atoms with Gasteiger partial charge in [0, 0.05) is 34.3 Å². The van der Waals surface area contributed by atoms with Gasteiger partial charge in [-0.1, -0.05) is 0 Å². The van der Waals surface area contributed by atoms with E-state index < -0.39 is 0 Å². The van der Waals surface area contributed by atoms with Crippen LogP contribution in [0.15, 0.2) is 24.7 Å². The van der Waals surface area contributed by atoms with E-state index in [4.69, 9.17) is 5.11 Å². The van der Waals surface area contributed by atoms with Gasteiger partial charge in [-0.2, -0.15) is 0 Å². The third-order valence-corrected chi connectivity index (χ3v) is 3.41.